The van der Waals surface area contributed by atoms with Crippen molar-refractivity contribution >= 4 is 44.7 Å². The molecule has 3 atom stereocenters. The van der Waals surface area contributed by atoms with Gasteiger partial charge in [-0.1, -0.05) is 30.3 Å². The van der Waals surface area contributed by atoms with Gasteiger partial charge in [-0.15, -0.1) is 11.3 Å². The van der Waals surface area contributed by atoms with Crippen LogP contribution in [0.1, 0.15) is 50.8 Å². The standard InChI is InChI=1S/C32H30N6O4S/c1-17-15-20(42-19-5-3-2-4-6-19)7-8-21(17)32(36)22-9-10-23(34)28-25(22)26(27(35)30(32)40)29(43-28)31(41)37-18-12-14-38(16-18)24(39)11-13-33/h2-10,15,18,27H,11-12,14,16,34-36H2,1H3,(H,37,41). The SMILES string of the molecule is Cc1cc(Oc2ccccc2)ccc1C1(N)C(=O)C(N)c2c(C(=O)NC3CCN(C(=O)CC#N)C3)sc3c(N)ccc1c23. The van der Waals surface area contributed by atoms with Gasteiger partial charge in [0.2, 0.25) is 5.91 Å². The average Bonchev–Trinajstić information content (AvgIpc) is 3.62. The van der Waals surface area contributed by atoms with Gasteiger partial charge in [0.25, 0.3) is 5.91 Å². The van der Waals surface area contributed by atoms with E-state index in [-0.39, 0.29) is 18.4 Å². The first-order valence-corrected chi connectivity index (χ1v) is 14.7. The quantitative estimate of drug-likeness (QED) is 0.245. The molecule has 1 aliphatic carbocycles. The van der Waals surface area contributed by atoms with Gasteiger partial charge in [0.05, 0.1) is 21.7 Å². The van der Waals surface area contributed by atoms with Crippen LogP contribution in [0.4, 0.5) is 5.69 Å². The van der Waals surface area contributed by atoms with Crippen LogP contribution in [0.15, 0.2) is 60.7 Å². The molecule has 2 heterocycles. The fraction of sp³-hybridized carbons (Fsp3) is 0.250. The molecule has 2 aliphatic rings. The number of para-hydroxylation sites is 1. The number of nitrogens with zero attached hydrogens (tertiary/aromatic N) is 2. The second kappa shape index (κ2) is 10.8. The number of carbonyl (C=O) groups is 3. The summed E-state index contributed by atoms with van der Waals surface area (Å²) in [6.07, 6.45) is 0.347. The van der Waals surface area contributed by atoms with Crippen LogP contribution in [0.2, 0.25) is 0 Å². The number of benzene rings is 3. The predicted octanol–water partition coefficient (Wildman–Crippen LogP) is 3.61. The van der Waals surface area contributed by atoms with Crippen molar-refractivity contribution in [3.8, 4) is 17.6 Å². The molecule has 0 saturated carbocycles. The third-order valence-corrected chi connectivity index (χ3v) is 9.48. The average molecular weight is 595 g/mol. The van der Waals surface area contributed by atoms with Gasteiger partial charge < -0.3 is 32.2 Å². The molecule has 7 N–H and O–H groups in total. The fourth-order valence-electron chi connectivity index (χ4n) is 6.13. The molecule has 0 radical (unpaired) electrons. The first-order valence-electron chi connectivity index (χ1n) is 13.9. The van der Waals surface area contributed by atoms with E-state index in [2.05, 4.69) is 5.32 Å². The summed E-state index contributed by atoms with van der Waals surface area (Å²) in [5, 5.41) is 12.4. The highest BCUT2D eigenvalue weighted by molar-refractivity contribution is 7.21. The third kappa shape index (κ3) is 4.70. The topological polar surface area (TPSA) is 178 Å². The van der Waals surface area contributed by atoms with Crippen LogP contribution in [0, 0.1) is 18.3 Å². The predicted molar refractivity (Wildman–Crippen MR) is 164 cm³/mol. The monoisotopic (exact) mass is 594 g/mol. The van der Waals surface area contributed by atoms with E-state index in [0.29, 0.717) is 68.4 Å². The number of rotatable bonds is 6. The number of nitriles is 1. The van der Waals surface area contributed by atoms with Crippen LogP contribution in [-0.2, 0) is 15.1 Å². The van der Waals surface area contributed by atoms with Crippen molar-refractivity contribution in [2.24, 2.45) is 11.5 Å². The molecule has 6 rings (SSSR count). The number of aryl methyl sites for hydroxylation is 1. The Labute approximate surface area is 252 Å². The maximum Gasteiger partial charge on any atom is 0.262 e. The minimum absolute atomic E-state index is 0.205. The van der Waals surface area contributed by atoms with Gasteiger partial charge in [-0.3, -0.25) is 14.4 Å². The number of hydrogen-bond donors (Lipinski definition) is 4. The highest BCUT2D eigenvalue weighted by Gasteiger charge is 2.49. The summed E-state index contributed by atoms with van der Waals surface area (Å²) in [6, 6.07) is 18.6. The van der Waals surface area contributed by atoms with E-state index in [9.17, 15) is 14.4 Å². The Balaban J connectivity index is 1.37. The van der Waals surface area contributed by atoms with Crippen LogP contribution < -0.4 is 27.3 Å². The maximum atomic E-state index is 14.1. The number of nitrogens with two attached hydrogens (primary N) is 3. The number of likely N-dealkylation sites (tertiary alicyclic amines) is 1. The molecule has 1 fully saturated rings. The zero-order valence-corrected chi connectivity index (χ0v) is 24.2. The number of ether oxygens (including phenoxy) is 1. The first kappa shape index (κ1) is 28.4. The van der Waals surface area contributed by atoms with Gasteiger partial charge in [0.1, 0.15) is 23.5 Å². The van der Waals surface area contributed by atoms with Crippen LogP contribution in [-0.4, -0.2) is 41.6 Å². The number of thiophene rings is 1. The Hall–Kier alpha value is -4.76. The number of nitrogens with one attached hydrogen (secondary N) is 1. The highest BCUT2D eigenvalue weighted by Crippen LogP contribution is 2.50. The summed E-state index contributed by atoms with van der Waals surface area (Å²) in [4.78, 5) is 41.8. The second-order valence-electron chi connectivity index (χ2n) is 10.9. The molecule has 43 heavy (non-hydrogen) atoms. The van der Waals surface area contributed by atoms with Crippen LogP contribution >= 0.6 is 11.3 Å². The van der Waals surface area contributed by atoms with Crippen LogP contribution in [0.5, 0.6) is 11.5 Å². The Morgan fingerprint density at radius 3 is 2.60 bits per heavy atom. The van der Waals surface area contributed by atoms with Gasteiger partial charge in [-0.2, -0.15) is 5.26 Å². The van der Waals surface area contributed by atoms with Crippen molar-refractivity contribution in [3.63, 3.8) is 0 Å². The number of hydrogen-bond acceptors (Lipinski definition) is 9. The zero-order chi connectivity index (χ0) is 30.5. The van der Waals surface area contributed by atoms with Crippen molar-refractivity contribution in [2.45, 2.75) is 37.4 Å². The normalized spacial score (nSPS) is 21.1. The second-order valence-corrected chi connectivity index (χ2v) is 11.9. The number of Topliss-reactive ketones (excluding diaryl/α,β-unsaturated/α-hetero) is 1. The van der Waals surface area contributed by atoms with E-state index < -0.39 is 23.3 Å². The van der Waals surface area contributed by atoms with E-state index in [1.54, 1.807) is 29.2 Å². The van der Waals surface area contributed by atoms with E-state index >= 15 is 0 Å². The van der Waals surface area contributed by atoms with E-state index in [1.807, 2.05) is 49.4 Å². The molecule has 2 amide bonds. The lowest BCUT2D eigenvalue weighted by atomic mass is 9.69. The minimum atomic E-state index is -1.59. The molecule has 3 aromatic carbocycles. The van der Waals surface area contributed by atoms with Crippen molar-refractivity contribution in [3.05, 3.63) is 87.8 Å². The molecule has 1 aromatic heterocycles. The summed E-state index contributed by atoms with van der Waals surface area (Å²) in [7, 11) is 0. The minimum Gasteiger partial charge on any atom is -0.457 e. The van der Waals surface area contributed by atoms with Crippen LogP contribution in [0.3, 0.4) is 0 Å². The zero-order valence-electron chi connectivity index (χ0n) is 23.4. The van der Waals surface area contributed by atoms with Crippen molar-refractivity contribution in [1.29, 1.82) is 5.26 Å². The summed E-state index contributed by atoms with van der Waals surface area (Å²) in [6.45, 7) is 2.62. The van der Waals surface area contributed by atoms with Gasteiger partial charge in [-0.25, -0.2) is 0 Å². The Morgan fingerprint density at radius 1 is 1.14 bits per heavy atom. The molecular weight excluding hydrogens is 564 g/mol. The summed E-state index contributed by atoms with van der Waals surface area (Å²) >= 11 is 1.18. The highest BCUT2D eigenvalue weighted by atomic mass is 32.1. The Morgan fingerprint density at radius 2 is 1.88 bits per heavy atom. The van der Waals surface area contributed by atoms with E-state index in [1.165, 1.54) is 11.3 Å². The number of ketones is 1. The lowest BCUT2D eigenvalue weighted by molar-refractivity contribution is -0.129. The van der Waals surface area contributed by atoms with Crippen LogP contribution in [0.25, 0.3) is 10.1 Å². The molecule has 10 nitrogen and oxygen atoms in total. The fourth-order valence-corrected chi connectivity index (χ4v) is 7.33. The smallest absolute Gasteiger partial charge is 0.262 e. The Kier molecular flexibility index (Phi) is 7.14. The molecule has 3 unspecified atom stereocenters. The van der Waals surface area contributed by atoms with E-state index in [4.69, 9.17) is 27.2 Å². The summed E-state index contributed by atoms with van der Waals surface area (Å²) in [5.41, 5.74) is 21.2. The number of amides is 2. The van der Waals surface area contributed by atoms with Crippen molar-refractivity contribution in [2.75, 3.05) is 18.8 Å². The Bertz CT molecular complexity index is 1830. The van der Waals surface area contributed by atoms with Crippen molar-refractivity contribution in [1.82, 2.24) is 10.2 Å². The lowest BCUT2D eigenvalue weighted by Crippen LogP contribution is -2.53. The molecular formula is C32H30N6O4S. The van der Waals surface area contributed by atoms with Gasteiger partial charge in [0, 0.05) is 35.8 Å². The molecule has 4 aromatic rings. The van der Waals surface area contributed by atoms with Gasteiger partial charge in [0.15, 0.2) is 5.78 Å². The van der Waals surface area contributed by atoms with Gasteiger partial charge in [-0.05, 0) is 60.4 Å². The lowest BCUT2D eigenvalue weighted by Gasteiger charge is -2.37. The largest absolute Gasteiger partial charge is 0.457 e. The molecule has 1 saturated heterocycles. The van der Waals surface area contributed by atoms with Crippen molar-refractivity contribution < 1.29 is 19.1 Å². The molecule has 11 heteroatoms. The number of carbonyl (C=O) groups excluding carboxylic acids is 3. The maximum absolute atomic E-state index is 14.1. The number of anilines is 1. The molecule has 1 aliphatic heterocycles. The summed E-state index contributed by atoms with van der Waals surface area (Å²) in [5.74, 6) is 0.178. The molecule has 0 spiro atoms. The molecule has 0 bridgehead atoms. The molecule has 218 valence electrons. The third-order valence-electron chi connectivity index (χ3n) is 8.23. The van der Waals surface area contributed by atoms with Gasteiger partial charge >= 0.3 is 0 Å². The van der Waals surface area contributed by atoms with E-state index in [0.717, 1.165) is 5.56 Å². The summed E-state index contributed by atoms with van der Waals surface area (Å²) < 4.78 is 6.62. The number of nitrogen functional groups attached to an aromatic ring is 1. The first-order chi connectivity index (χ1) is 20.6.